The first-order valence-electron chi connectivity index (χ1n) is 7.69. The van der Waals surface area contributed by atoms with Crippen molar-refractivity contribution in [3.63, 3.8) is 0 Å². The summed E-state index contributed by atoms with van der Waals surface area (Å²) in [5.74, 6) is 0.903. The summed E-state index contributed by atoms with van der Waals surface area (Å²) in [6, 6.07) is 0.680. The number of nitrogens with zero attached hydrogens (tertiary/aromatic N) is 1. The maximum absolute atomic E-state index is 5.72. The van der Waals surface area contributed by atoms with E-state index in [0.717, 1.165) is 25.6 Å². The standard InChI is InChI=1S/C15H30N2O/c1-5-14-9-16-15(4,13-7-8-13)11-17(14)10-12(3)18-6-2/h12-14,16H,5-11H2,1-4H3. The van der Waals surface area contributed by atoms with Crippen LogP contribution in [0.15, 0.2) is 0 Å². The molecule has 0 aromatic carbocycles. The second-order valence-corrected chi connectivity index (χ2v) is 6.33. The van der Waals surface area contributed by atoms with Gasteiger partial charge in [-0.05, 0) is 46.0 Å². The van der Waals surface area contributed by atoms with Gasteiger partial charge >= 0.3 is 0 Å². The minimum Gasteiger partial charge on any atom is -0.377 e. The minimum absolute atomic E-state index is 0.345. The Morgan fingerprint density at radius 2 is 2.11 bits per heavy atom. The van der Waals surface area contributed by atoms with Gasteiger partial charge < -0.3 is 10.1 Å². The SMILES string of the molecule is CCOC(C)CN1CC(C)(C2CC2)NCC1CC. The van der Waals surface area contributed by atoms with Crippen molar-refractivity contribution >= 4 is 0 Å². The third-order valence-electron chi connectivity index (χ3n) is 4.68. The molecule has 3 heteroatoms. The summed E-state index contributed by atoms with van der Waals surface area (Å²) < 4.78 is 5.72. The number of ether oxygens (including phenoxy) is 1. The molecule has 3 atom stereocenters. The number of nitrogens with one attached hydrogen (secondary N) is 1. The van der Waals surface area contributed by atoms with Crippen molar-refractivity contribution in [3.05, 3.63) is 0 Å². The zero-order valence-electron chi connectivity index (χ0n) is 12.5. The number of piperazine rings is 1. The molecule has 0 amide bonds. The first kappa shape index (κ1) is 14.3. The molecule has 2 fully saturated rings. The van der Waals surface area contributed by atoms with Crippen LogP contribution in [-0.2, 0) is 4.74 Å². The van der Waals surface area contributed by atoms with Crippen molar-refractivity contribution in [1.29, 1.82) is 0 Å². The predicted octanol–water partition coefficient (Wildman–Crippen LogP) is 2.26. The van der Waals surface area contributed by atoms with E-state index in [4.69, 9.17) is 4.74 Å². The van der Waals surface area contributed by atoms with Gasteiger partial charge in [0, 0.05) is 37.8 Å². The first-order valence-corrected chi connectivity index (χ1v) is 7.69. The summed E-state index contributed by atoms with van der Waals surface area (Å²) in [7, 11) is 0. The molecular formula is C15H30N2O. The maximum atomic E-state index is 5.72. The van der Waals surface area contributed by atoms with Gasteiger partial charge in [0.05, 0.1) is 6.10 Å². The Morgan fingerprint density at radius 1 is 1.39 bits per heavy atom. The van der Waals surface area contributed by atoms with Crippen LogP contribution in [0.4, 0.5) is 0 Å². The van der Waals surface area contributed by atoms with Gasteiger partial charge in [-0.15, -0.1) is 0 Å². The van der Waals surface area contributed by atoms with E-state index in [2.05, 4.69) is 37.9 Å². The third kappa shape index (κ3) is 3.25. The smallest absolute Gasteiger partial charge is 0.0673 e. The Labute approximate surface area is 112 Å². The Morgan fingerprint density at radius 3 is 2.67 bits per heavy atom. The first-order chi connectivity index (χ1) is 8.59. The minimum atomic E-state index is 0.345. The summed E-state index contributed by atoms with van der Waals surface area (Å²) in [4.78, 5) is 2.66. The quantitative estimate of drug-likeness (QED) is 0.787. The van der Waals surface area contributed by atoms with Crippen molar-refractivity contribution in [1.82, 2.24) is 10.2 Å². The lowest BCUT2D eigenvalue weighted by atomic mass is 9.90. The van der Waals surface area contributed by atoms with Crippen molar-refractivity contribution in [3.8, 4) is 0 Å². The summed E-state index contributed by atoms with van der Waals surface area (Å²) in [6.45, 7) is 13.2. The van der Waals surface area contributed by atoms with Gasteiger partial charge in [-0.1, -0.05) is 6.92 Å². The Balaban J connectivity index is 1.94. The van der Waals surface area contributed by atoms with Gasteiger partial charge in [0.2, 0.25) is 0 Å². The molecule has 2 rings (SSSR count). The van der Waals surface area contributed by atoms with Crippen LogP contribution in [0.5, 0.6) is 0 Å². The van der Waals surface area contributed by atoms with Crippen LogP contribution >= 0.6 is 0 Å². The fraction of sp³-hybridized carbons (Fsp3) is 1.00. The number of hydrogen-bond acceptors (Lipinski definition) is 3. The van der Waals surface area contributed by atoms with Crippen LogP contribution in [-0.4, -0.2) is 48.8 Å². The largest absolute Gasteiger partial charge is 0.377 e. The molecule has 0 bridgehead atoms. The summed E-state index contributed by atoms with van der Waals surface area (Å²) in [5, 5.41) is 3.81. The average molecular weight is 254 g/mol. The molecule has 106 valence electrons. The fourth-order valence-electron chi connectivity index (χ4n) is 3.36. The zero-order chi connectivity index (χ0) is 13.2. The van der Waals surface area contributed by atoms with Crippen molar-refractivity contribution in [2.75, 3.05) is 26.2 Å². The molecule has 1 saturated heterocycles. The van der Waals surface area contributed by atoms with Crippen LogP contribution in [0.25, 0.3) is 0 Å². The molecule has 1 heterocycles. The Hall–Kier alpha value is -0.120. The highest BCUT2D eigenvalue weighted by Gasteiger charge is 2.45. The highest BCUT2D eigenvalue weighted by molar-refractivity contribution is 5.04. The van der Waals surface area contributed by atoms with E-state index >= 15 is 0 Å². The Bertz CT molecular complexity index is 267. The van der Waals surface area contributed by atoms with Crippen molar-refractivity contribution in [2.24, 2.45) is 5.92 Å². The molecule has 1 aliphatic heterocycles. The highest BCUT2D eigenvalue weighted by Crippen LogP contribution is 2.41. The van der Waals surface area contributed by atoms with Gasteiger partial charge in [-0.3, -0.25) is 4.90 Å². The molecule has 3 unspecified atom stereocenters. The van der Waals surface area contributed by atoms with Crippen LogP contribution in [0.1, 0.15) is 47.0 Å². The predicted molar refractivity (Wildman–Crippen MR) is 75.9 cm³/mol. The molecule has 0 aromatic rings. The van der Waals surface area contributed by atoms with E-state index in [1.54, 1.807) is 0 Å². The van der Waals surface area contributed by atoms with E-state index in [9.17, 15) is 0 Å². The Kier molecular flexibility index (Phi) is 4.68. The van der Waals surface area contributed by atoms with Gasteiger partial charge in [-0.2, -0.15) is 0 Å². The van der Waals surface area contributed by atoms with E-state index in [1.807, 2.05) is 0 Å². The molecule has 18 heavy (non-hydrogen) atoms. The summed E-state index contributed by atoms with van der Waals surface area (Å²) >= 11 is 0. The molecule has 1 aliphatic carbocycles. The van der Waals surface area contributed by atoms with E-state index in [1.165, 1.54) is 25.8 Å². The molecule has 1 N–H and O–H groups in total. The average Bonchev–Trinajstić information content (AvgIpc) is 3.13. The molecular weight excluding hydrogens is 224 g/mol. The zero-order valence-corrected chi connectivity index (χ0v) is 12.5. The second kappa shape index (κ2) is 5.89. The second-order valence-electron chi connectivity index (χ2n) is 6.33. The fourth-order valence-corrected chi connectivity index (χ4v) is 3.36. The molecule has 1 saturated carbocycles. The normalized spacial score (nSPS) is 35.7. The van der Waals surface area contributed by atoms with Crippen LogP contribution in [0.3, 0.4) is 0 Å². The lowest BCUT2D eigenvalue weighted by Gasteiger charge is -2.47. The molecule has 0 radical (unpaired) electrons. The molecule has 3 nitrogen and oxygen atoms in total. The summed E-state index contributed by atoms with van der Waals surface area (Å²) in [5.41, 5.74) is 0.345. The van der Waals surface area contributed by atoms with E-state index in [-0.39, 0.29) is 0 Å². The van der Waals surface area contributed by atoms with Gasteiger partial charge in [0.15, 0.2) is 0 Å². The monoisotopic (exact) mass is 254 g/mol. The van der Waals surface area contributed by atoms with Crippen LogP contribution in [0, 0.1) is 5.92 Å². The molecule has 2 aliphatic rings. The van der Waals surface area contributed by atoms with Crippen LogP contribution in [0.2, 0.25) is 0 Å². The van der Waals surface area contributed by atoms with Crippen LogP contribution < -0.4 is 5.32 Å². The van der Waals surface area contributed by atoms with E-state index in [0.29, 0.717) is 17.7 Å². The lowest BCUT2D eigenvalue weighted by molar-refractivity contribution is 0.00304. The number of rotatable bonds is 6. The maximum Gasteiger partial charge on any atom is 0.0673 e. The summed E-state index contributed by atoms with van der Waals surface area (Å²) in [6.07, 6.45) is 4.40. The van der Waals surface area contributed by atoms with E-state index < -0.39 is 0 Å². The topological polar surface area (TPSA) is 24.5 Å². The van der Waals surface area contributed by atoms with Gasteiger partial charge in [0.1, 0.15) is 0 Å². The van der Waals surface area contributed by atoms with Crippen molar-refractivity contribution < 1.29 is 4.74 Å². The lowest BCUT2D eigenvalue weighted by Crippen LogP contribution is -2.64. The third-order valence-corrected chi connectivity index (χ3v) is 4.68. The van der Waals surface area contributed by atoms with Gasteiger partial charge in [-0.25, -0.2) is 0 Å². The van der Waals surface area contributed by atoms with Crippen molar-refractivity contribution in [2.45, 2.75) is 64.6 Å². The number of hydrogen-bond donors (Lipinski definition) is 1. The molecule has 0 spiro atoms. The molecule has 0 aromatic heterocycles. The van der Waals surface area contributed by atoms with Gasteiger partial charge in [0.25, 0.3) is 0 Å². The highest BCUT2D eigenvalue weighted by atomic mass is 16.5.